The zero-order chi connectivity index (χ0) is 15.2. The summed E-state index contributed by atoms with van der Waals surface area (Å²) in [6.45, 7) is 6.84. The number of anilines is 1. The Hall–Kier alpha value is -1.65. The lowest BCUT2D eigenvalue weighted by molar-refractivity contribution is -0.114. The van der Waals surface area contributed by atoms with E-state index in [0.717, 1.165) is 12.2 Å². The minimum atomic E-state index is -0.0425. The Bertz CT molecular complexity index is 580. The smallest absolute Gasteiger partial charge is 0.221 e. The van der Waals surface area contributed by atoms with Crippen LogP contribution in [0.1, 0.15) is 43.2 Å². The maximum atomic E-state index is 11.1. The van der Waals surface area contributed by atoms with Gasteiger partial charge in [-0.3, -0.25) is 4.79 Å². The monoisotopic (exact) mass is 302 g/mol. The zero-order valence-electron chi connectivity index (χ0n) is 12.7. The summed E-state index contributed by atoms with van der Waals surface area (Å²) in [6, 6.07) is 12.5. The van der Waals surface area contributed by atoms with E-state index in [4.69, 9.17) is 0 Å². The number of benzene rings is 1. The molecule has 0 fully saturated rings. The van der Waals surface area contributed by atoms with Crippen molar-refractivity contribution >= 4 is 22.9 Å². The van der Waals surface area contributed by atoms with Crippen LogP contribution in [-0.4, -0.2) is 12.5 Å². The van der Waals surface area contributed by atoms with Crippen LogP contribution in [0.25, 0.3) is 0 Å². The first-order valence-corrected chi connectivity index (χ1v) is 8.08. The molecule has 0 aliphatic carbocycles. The molecule has 4 heteroatoms. The Balaban J connectivity index is 1.93. The highest BCUT2D eigenvalue weighted by atomic mass is 32.1. The predicted molar refractivity (Wildman–Crippen MR) is 89.9 cm³/mol. The van der Waals surface area contributed by atoms with E-state index in [-0.39, 0.29) is 11.9 Å². The lowest BCUT2D eigenvalue weighted by Gasteiger charge is -2.18. The first-order chi connectivity index (χ1) is 10.1. The molecule has 2 N–H and O–H groups in total. The number of amides is 1. The maximum absolute atomic E-state index is 11.1. The van der Waals surface area contributed by atoms with Gasteiger partial charge >= 0.3 is 0 Å². The Morgan fingerprint density at radius 3 is 2.71 bits per heavy atom. The van der Waals surface area contributed by atoms with Crippen molar-refractivity contribution in [2.45, 2.75) is 32.7 Å². The number of hydrogen-bond donors (Lipinski definition) is 2. The molecule has 1 amide bonds. The molecule has 0 radical (unpaired) electrons. The number of carbonyl (C=O) groups is 1. The predicted octanol–water partition coefficient (Wildman–Crippen LogP) is 4.16. The number of thiophene rings is 1. The molecule has 112 valence electrons. The Morgan fingerprint density at radius 2 is 2.05 bits per heavy atom. The molecule has 3 nitrogen and oxygen atoms in total. The molecule has 0 aliphatic rings. The summed E-state index contributed by atoms with van der Waals surface area (Å²) in [6.07, 6.45) is 0. The standard InChI is InChI=1S/C17H22N2OS/c1-12(17-8-5-9-21-17)11-18-13(2)15-6-4-7-16(10-15)19-14(3)20/h4-10,12-13,18H,11H2,1-3H3,(H,19,20)/t12-,13-/m1/s1. The molecule has 2 aromatic rings. The highest BCUT2D eigenvalue weighted by Crippen LogP contribution is 2.22. The van der Waals surface area contributed by atoms with Crippen LogP contribution >= 0.6 is 11.3 Å². The molecule has 1 aromatic heterocycles. The van der Waals surface area contributed by atoms with Gasteiger partial charge in [0.15, 0.2) is 0 Å². The summed E-state index contributed by atoms with van der Waals surface area (Å²) in [4.78, 5) is 12.5. The zero-order valence-corrected chi connectivity index (χ0v) is 13.5. The van der Waals surface area contributed by atoms with Crippen molar-refractivity contribution < 1.29 is 4.79 Å². The normalized spacial score (nSPS) is 13.7. The number of hydrogen-bond acceptors (Lipinski definition) is 3. The fourth-order valence-electron chi connectivity index (χ4n) is 2.23. The third kappa shape index (κ3) is 4.69. The average molecular weight is 302 g/mol. The third-order valence-corrected chi connectivity index (χ3v) is 4.57. The quantitative estimate of drug-likeness (QED) is 0.841. The summed E-state index contributed by atoms with van der Waals surface area (Å²) < 4.78 is 0. The molecule has 2 atom stereocenters. The molecule has 0 saturated heterocycles. The molecular weight excluding hydrogens is 280 g/mol. The van der Waals surface area contributed by atoms with E-state index in [1.165, 1.54) is 17.4 Å². The van der Waals surface area contributed by atoms with E-state index in [9.17, 15) is 4.79 Å². The highest BCUT2D eigenvalue weighted by molar-refractivity contribution is 7.10. The van der Waals surface area contributed by atoms with Crippen molar-refractivity contribution in [3.05, 3.63) is 52.2 Å². The van der Waals surface area contributed by atoms with Gasteiger partial charge in [0, 0.05) is 36.0 Å². The molecule has 21 heavy (non-hydrogen) atoms. The van der Waals surface area contributed by atoms with Crippen LogP contribution in [0, 0.1) is 0 Å². The van der Waals surface area contributed by atoms with Gasteiger partial charge in [-0.2, -0.15) is 0 Å². The van der Waals surface area contributed by atoms with E-state index in [0.29, 0.717) is 5.92 Å². The minimum absolute atomic E-state index is 0.0425. The van der Waals surface area contributed by atoms with Gasteiger partial charge in [-0.1, -0.05) is 25.1 Å². The summed E-state index contributed by atoms with van der Waals surface area (Å²) in [5, 5.41) is 8.50. The van der Waals surface area contributed by atoms with E-state index >= 15 is 0 Å². The molecule has 1 heterocycles. The second kappa shape index (κ2) is 7.38. The van der Waals surface area contributed by atoms with Crippen molar-refractivity contribution in [3.8, 4) is 0 Å². The molecule has 2 rings (SSSR count). The largest absolute Gasteiger partial charge is 0.326 e. The van der Waals surface area contributed by atoms with Crippen LogP contribution in [0.2, 0.25) is 0 Å². The number of rotatable bonds is 6. The second-order valence-corrected chi connectivity index (χ2v) is 6.33. The first-order valence-electron chi connectivity index (χ1n) is 7.20. The summed E-state index contributed by atoms with van der Waals surface area (Å²) >= 11 is 1.80. The van der Waals surface area contributed by atoms with Crippen LogP contribution in [0.4, 0.5) is 5.69 Å². The van der Waals surface area contributed by atoms with Crippen LogP contribution in [0.5, 0.6) is 0 Å². The van der Waals surface area contributed by atoms with Crippen molar-refractivity contribution in [1.29, 1.82) is 0 Å². The Morgan fingerprint density at radius 1 is 1.24 bits per heavy atom. The SMILES string of the molecule is CC(=O)Nc1cccc([C@@H](C)NC[C@@H](C)c2cccs2)c1. The second-order valence-electron chi connectivity index (χ2n) is 5.35. The van der Waals surface area contributed by atoms with Gasteiger partial charge in [0.2, 0.25) is 5.91 Å². The van der Waals surface area contributed by atoms with Crippen molar-refractivity contribution in [3.63, 3.8) is 0 Å². The van der Waals surface area contributed by atoms with Crippen molar-refractivity contribution in [2.75, 3.05) is 11.9 Å². The average Bonchev–Trinajstić information content (AvgIpc) is 2.98. The highest BCUT2D eigenvalue weighted by Gasteiger charge is 2.10. The summed E-state index contributed by atoms with van der Waals surface area (Å²) in [5.74, 6) is 0.463. The lowest BCUT2D eigenvalue weighted by Crippen LogP contribution is -2.23. The van der Waals surface area contributed by atoms with E-state index < -0.39 is 0 Å². The van der Waals surface area contributed by atoms with Gasteiger partial charge in [0.05, 0.1) is 0 Å². The van der Waals surface area contributed by atoms with Gasteiger partial charge in [0.1, 0.15) is 0 Å². The Labute approximate surface area is 130 Å². The third-order valence-electron chi connectivity index (χ3n) is 3.47. The molecular formula is C17H22N2OS. The Kier molecular flexibility index (Phi) is 5.53. The van der Waals surface area contributed by atoms with E-state index in [2.05, 4.69) is 48.1 Å². The van der Waals surface area contributed by atoms with Crippen LogP contribution in [0.3, 0.4) is 0 Å². The summed E-state index contributed by atoms with van der Waals surface area (Å²) in [7, 11) is 0. The number of nitrogens with one attached hydrogen (secondary N) is 2. The van der Waals surface area contributed by atoms with Gasteiger partial charge < -0.3 is 10.6 Å². The van der Waals surface area contributed by atoms with E-state index in [1.54, 1.807) is 11.3 Å². The fraction of sp³-hybridized carbons (Fsp3) is 0.353. The van der Waals surface area contributed by atoms with Crippen LogP contribution < -0.4 is 10.6 Å². The van der Waals surface area contributed by atoms with Gasteiger partial charge in [-0.25, -0.2) is 0 Å². The van der Waals surface area contributed by atoms with Gasteiger partial charge in [0.25, 0.3) is 0 Å². The molecule has 0 aliphatic heterocycles. The number of carbonyl (C=O) groups excluding carboxylic acids is 1. The molecule has 1 aromatic carbocycles. The lowest BCUT2D eigenvalue weighted by atomic mass is 10.1. The van der Waals surface area contributed by atoms with Crippen molar-refractivity contribution in [1.82, 2.24) is 5.32 Å². The summed E-state index contributed by atoms with van der Waals surface area (Å²) in [5.41, 5.74) is 2.03. The van der Waals surface area contributed by atoms with E-state index in [1.807, 2.05) is 18.2 Å². The van der Waals surface area contributed by atoms with Gasteiger partial charge in [-0.15, -0.1) is 11.3 Å². The maximum Gasteiger partial charge on any atom is 0.221 e. The van der Waals surface area contributed by atoms with Gasteiger partial charge in [-0.05, 0) is 36.1 Å². The fourth-order valence-corrected chi connectivity index (χ4v) is 3.02. The molecule has 0 spiro atoms. The first kappa shape index (κ1) is 15.7. The molecule has 0 bridgehead atoms. The van der Waals surface area contributed by atoms with Crippen LogP contribution in [-0.2, 0) is 4.79 Å². The minimum Gasteiger partial charge on any atom is -0.326 e. The molecule has 0 saturated carbocycles. The van der Waals surface area contributed by atoms with Crippen molar-refractivity contribution in [2.24, 2.45) is 0 Å². The molecule has 0 unspecified atom stereocenters. The van der Waals surface area contributed by atoms with Crippen LogP contribution in [0.15, 0.2) is 41.8 Å². The topological polar surface area (TPSA) is 41.1 Å².